The number of rotatable bonds is 5. The van der Waals surface area contributed by atoms with Crippen LogP contribution in [0.15, 0.2) is 29.8 Å². The van der Waals surface area contributed by atoms with Gasteiger partial charge in [0.15, 0.2) is 0 Å². The zero-order valence-corrected chi connectivity index (χ0v) is 17.2. The fourth-order valence-electron chi connectivity index (χ4n) is 6.24. The lowest BCUT2D eigenvalue weighted by atomic mass is 9.55. The van der Waals surface area contributed by atoms with Crippen LogP contribution in [0.25, 0.3) is 0 Å². The first-order valence-electron chi connectivity index (χ1n) is 10.7. The molecule has 27 heavy (non-hydrogen) atoms. The van der Waals surface area contributed by atoms with Crippen LogP contribution < -0.4 is 0 Å². The zero-order chi connectivity index (χ0) is 19.0. The molecule has 1 aromatic rings. The summed E-state index contributed by atoms with van der Waals surface area (Å²) in [6.07, 6.45) is 10.00. The number of aromatic hydroxyl groups is 1. The molecule has 0 aliphatic heterocycles. The smallest absolute Gasteiger partial charge is 0.115 e. The van der Waals surface area contributed by atoms with E-state index in [0.29, 0.717) is 17.1 Å². The van der Waals surface area contributed by atoms with Crippen molar-refractivity contribution in [1.29, 1.82) is 0 Å². The number of nitrogens with zero attached hydrogens (tertiary/aromatic N) is 1. The molecule has 3 heteroatoms. The van der Waals surface area contributed by atoms with E-state index < -0.39 is 0 Å². The summed E-state index contributed by atoms with van der Waals surface area (Å²) in [5.74, 6) is 2.74. The summed E-state index contributed by atoms with van der Waals surface area (Å²) in [5, 5.41) is 9.84. The molecule has 148 valence electrons. The molecule has 4 atom stereocenters. The number of hydrogen-bond donors (Lipinski definition) is 1. The van der Waals surface area contributed by atoms with Crippen molar-refractivity contribution in [3.8, 4) is 5.75 Å². The second-order valence-corrected chi connectivity index (χ2v) is 9.40. The number of aryl methyl sites for hydroxylation is 1. The normalized spacial score (nSPS) is 33.8. The summed E-state index contributed by atoms with van der Waals surface area (Å²) in [7, 11) is 4.18. The predicted octanol–water partition coefficient (Wildman–Crippen LogP) is 4.75. The lowest BCUT2D eigenvalue weighted by Crippen LogP contribution is -2.40. The third-order valence-corrected chi connectivity index (χ3v) is 7.69. The Balaban J connectivity index is 1.46. The van der Waals surface area contributed by atoms with Gasteiger partial charge in [-0.25, -0.2) is 0 Å². The van der Waals surface area contributed by atoms with Crippen LogP contribution in [0.4, 0.5) is 0 Å². The van der Waals surface area contributed by atoms with Crippen LogP contribution in [-0.2, 0) is 11.2 Å². The third-order valence-electron chi connectivity index (χ3n) is 7.69. The number of phenolic OH excluding ortho intramolecular Hbond substituents is 1. The summed E-state index contributed by atoms with van der Waals surface area (Å²) in [5.41, 5.74) is 4.95. The summed E-state index contributed by atoms with van der Waals surface area (Å²) < 4.78 is 5.85. The fraction of sp³-hybridized carbons (Fsp3) is 0.667. The Hall–Kier alpha value is -1.32. The van der Waals surface area contributed by atoms with E-state index in [1.165, 1.54) is 43.2 Å². The molecule has 0 aromatic heterocycles. The van der Waals surface area contributed by atoms with Gasteiger partial charge in [-0.1, -0.05) is 24.6 Å². The van der Waals surface area contributed by atoms with E-state index in [1.807, 2.05) is 12.1 Å². The molecule has 3 aliphatic rings. The molecular weight excluding hydrogens is 334 g/mol. The third kappa shape index (κ3) is 3.56. The number of hydrogen-bond acceptors (Lipinski definition) is 3. The molecule has 3 aliphatic carbocycles. The number of phenols is 1. The number of ether oxygens (including phenoxy) is 1. The minimum atomic E-state index is 0.375. The molecule has 0 bridgehead atoms. The number of benzene rings is 1. The molecule has 1 N–H and O–H groups in total. The molecule has 3 nitrogen and oxygen atoms in total. The van der Waals surface area contributed by atoms with Crippen LogP contribution in [0.2, 0.25) is 0 Å². The summed E-state index contributed by atoms with van der Waals surface area (Å²) in [6, 6.07) is 6.10. The molecule has 0 amide bonds. The van der Waals surface area contributed by atoms with Crippen LogP contribution in [0.1, 0.15) is 56.1 Å². The van der Waals surface area contributed by atoms with Gasteiger partial charge in [0.2, 0.25) is 0 Å². The van der Waals surface area contributed by atoms with Gasteiger partial charge >= 0.3 is 0 Å². The largest absolute Gasteiger partial charge is 0.508 e. The summed E-state index contributed by atoms with van der Waals surface area (Å²) in [4.78, 5) is 2.17. The van der Waals surface area contributed by atoms with Gasteiger partial charge in [0.25, 0.3) is 0 Å². The van der Waals surface area contributed by atoms with E-state index in [4.69, 9.17) is 4.74 Å². The molecule has 0 heterocycles. The van der Waals surface area contributed by atoms with E-state index >= 15 is 0 Å². The van der Waals surface area contributed by atoms with Crippen molar-refractivity contribution in [3.05, 3.63) is 41.0 Å². The van der Waals surface area contributed by atoms with Crippen molar-refractivity contribution in [2.75, 3.05) is 33.9 Å². The minimum Gasteiger partial charge on any atom is -0.508 e. The van der Waals surface area contributed by atoms with Gasteiger partial charge in [-0.15, -0.1) is 0 Å². The quantitative estimate of drug-likeness (QED) is 0.600. The van der Waals surface area contributed by atoms with Crippen LogP contribution in [0, 0.1) is 17.3 Å². The average molecular weight is 370 g/mol. The number of fused-ring (bicyclic) bond motifs is 5. The van der Waals surface area contributed by atoms with Gasteiger partial charge in [0.05, 0.1) is 13.2 Å². The minimum absolute atomic E-state index is 0.375. The SMILES string of the molecule is CN(C)CCOC/C=C1/CC[C@H]2[C@@H]3CCc4cc(O)ccc4[C@H]3CC[C@]12C. The van der Waals surface area contributed by atoms with Crippen LogP contribution in [0.3, 0.4) is 0 Å². The van der Waals surface area contributed by atoms with Gasteiger partial charge in [-0.3, -0.25) is 0 Å². The highest BCUT2D eigenvalue weighted by atomic mass is 16.5. The van der Waals surface area contributed by atoms with Crippen LogP contribution in [0.5, 0.6) is 5.75 Å². The van der Waals surface area contributed by atoms with Crippen molar-refractivity contribution in [3.63, 3.8) is 0 Å². The molecule has 0 unspecified atom stereocenters. The van der Waals surface area contributed by atoms with Crippen molar-refractivity contribution in [1.82, 2.24) is 4.90 Å². The van der Waals surface area contributed by atoms with E-state index in [1.54, 1.807) is 5.57 Å². The van der Waals surface area contributed by atoms with E-state index in [0.717, 1.165) is 38.0 Å². The second kappa shape index (κ2) is 7.60. The van der Waals surface area contributed by atoms with Crippen molar-refractivity contribution >= 4 is 0 Å². The zero-order valence-electron chi connectivity index (χ0n) is 17.2. The lowest BCUT2D eigenvalue weighted by Gasteiger charge is -2.49. The van der Waals surface area contributed by atoms with Crippen molar-refractivity contribution in [2.24, 2.45) is 17.3 Å². The average Bonchev–Trinajstić information content (AvgIpc) is 2.97. The Morgan fingerprint density at radius 2 is 2.07 bits per heavy atom. The molecular formula is C24H35NO2. The maximum Gasteiger partial charge on any atom is 0.115 e. The number of likely N-dealkylation sites (N-methyl/N-ethyl adjacent to an activating group) is 1. The van der Waals surface area contributed by atoms with Gasteiger partial charge < -0.3 is 14.7 Å². The van der Waals surface area contributed by atoms with Gasteiger partial charge in [-0.05, 0) is 99.0 Å². The van der Waals surface area contributed by atoms with E-state index in [2.05, 4.69) is 38.1 Å². The monoisotopic (exact) mass is 369 g/mol. The fourth-order valence-corrected chi connectivity index (χ4v) is 6.24. The van der Waals surface area contributed by atoms with E-state index in [-0.39, 0.29) is 0 Å². The topological polar surface area (TPSA) is 32.7 Å². The Kier molecular flexibility index (Phi) is 5.35. The standard InChI is InChI=1S/C24H35NO2/c1-24-12-10-21-20-8-6-19(26)16-17(20)4-7-22(21)23(24)9-5-18(24)11-14-27-15-13-25(2)3/h6,8,11,16,21-23,26H,4-5,7,9-10,12-15H2,1-3H3/b18-11-/t21-,22-,23+,24-/m1/s1. The molecule has 2 fully saturated rings. The highest BCUT2D eigenvalue weighted by Gasteiger charge is 2.52. The van der Waals surface area contributed by atoms with Gasteiger partial charge in [0.1, 0.15) is 5.75 Å². The maximum absolute atomic E-state index is 9.84. The Labute approximate surface area is 164 Å². The van der Waals surface area contributed by atoms with Gasteiger partial charge in [0, 0.05) is 6.54 Å². The molecule has 0 saturated heterocycles. The summed E-state index contributed by atoms with van der Waals surface area (Å²) in [6.45, 7) is 5.09. The molecule has 1 aromatic carbocycles. The highest BCUT2D eigenvalue weighted by Crippen LogP contribution is 2.62. The molecule has 0 radical (unpaired) electrons. The van der Waals surface area contributed by atoms with E-state index in [9.17, 15) is 5.11 Å². The second-order valence-electron chi connectivity index (χ2n) is 9.40. The lowest BCUT2D eigenvalue weighted by molar-refractivity contribution is 0.0801. The molecule has 0 spiro atoms. The first kappa shape index (κ1) is 19.0. The maximum atomic E-state index is 9.84. The molecule has 4 rings (SSSR count). The highest BCUT2D eigenvalue weighted by molar-refractivity contribution is 5.40. The Morgan fingerprint density at radius 3 is 2.89 bits per heavy atom. The van der Waals surface area contributed by atoms with Crippen LogP contribution in [-0.4, -0.2) is 43.9 Å². The van der Waals surface area contributed by atoms with Crippen molar-refractivity contribution < 1.29 is 9.84 Å². The Morgan fingerprint density at radius 1 is 1.22 bits per heavy atom. The first-order chi connectivity index (χ1) is 13.0. The molecule has 2 saturated carbocycles. The van der Waals surface area contributed by atoms with Gasteiger partial charge in [-0.2, -0.15) is 0 Å². The van der Waals surface area contributed by atoms with Crippen LogP contribution >= 0.6 is 0 Å². The van der Waals surface area contributed by atoms with Crippen molar-refractivity contribution in [2.45, 2.75) is 51.4 Å². The summed E-state index contributed by atoms with van der Waals surface area (Å²) >= 11 is 0. The Bertz CT molecular complexity index is 710. The number of allylic oxidation sites excluding steroid dienone is 1. The predicted molar refractivity (Wildman–Crippen MR) is 110 cm³/mol. The first-order valence-corrected chi connectivity index (χ1v) is 10.7.